The van der Waals surface area contributed by atoms with Crippen LogP contribution < -0.4 is 4.72 Å². The zero-order valence-corrected chi connectivity index (χ0v) is 18.5. The number of alkyl halides is 2. The van der Waals surface area contributed by atoms with Crippen LogP contribution in [-0.2, 0) is 28.3 Å². The first-order chi connectivity index (χ1) is 14.0. The Labute approximate surface area is 178 Å². The van der Waals surface area contributed by atoms with Crippen molar-refractivity contribution in [3.63, 3.8) is 0 Å². The lowest BCUT2D eigenvalue weighted by Crippen LogP contribution is -2.38. The summed E-state index contributed by atoms with van der Waals surface area (Å²) >= 11 is 0. The lowest BCUT2D eigenvalue weighted by Gasteiger charge is -2.29. The van der Waals surface area contributed by atoms with Crippen molar-refractivity contribution in [2.24, 2.45) is 0 Å². The third-order valence-corrected chi connectivity index (χ3v) is 6.99. The van der Waals surface area contributed by atoms with Crippen LogP contribution in [0.1, 0.15) is 63.3 Å². The second kappa shape index (κ2) is 8.44. The first kappa shape index (κ1) is 23.0. The number of hydrogen-bond donors (Lipinski definition) is 1. The average molecular weight is 440 g/mol. The van der Waals surface area contributed by atoms with Gasteiger partial charge in [-0.3, -0.25) is 0 Å². The molecule has 0 bridgehead atoms. The molecule has 1 saturated carbocycles. The highest BCUT2D eigenvalue weighted by Crippen LogP contribution is 2.57. The monoisotopic (exact) mass is 439 g/mol. The number of benzene rings is 2. The van der Waals surface area contributed by atoms with Crippen molar-refractivity contribution < 1.29 is 22.1 Å². The number of halogens is 3. The van der Waals surface area contributed by atoms with Crippen molar-refractivity contribution in [3.8, 4) is 0 Å². The lowest BCUT2D eigenvalue weighted by molar-refractivity contribution is -0.169. The van der Waals surface area contributed by atoms with E-state index in [4.69, 9.17) is 4.74 Å². The SMILES string of the molecule is C[C@@H](N[S@@](=O)C(C)(C)C)c1cccc(C(F)(F)C2(OCc3ccccc3)CC2)c1F. The largest absolute Gasteiger partial charge is 0.364 e. The van der Waals surface area contributed by atoms with Crippen molar-refractivity contribution in [3.05, 3.63) is 71.0 Å². The van der Waals surface area contributed by atoms with Crippen LogP contribution in [0.25, 0.3) is 0 Å². The summed E-state index contributed by atoms with van der Waals surface area (Å²) in [5.41, 5.74) is -1.53. The number of rotatable bonds is 8. The molecular formula is C23H28F3NO2S. The van der Waals surface area contributed by atoms with Crippen LogP contribution in [0.15, 0.2) is 48.5 Å². The Hall–Kier alpha value is -1.70. The highest BCUT2D eigenvalue weighted by molar-refractivity contribution is 7.84. The Morgan fingerprint density at radius 1 is 1.10 bits per heavy atom. The fourth-order valence-corrected chi connectivity index (χ4v) is 4.03. The molecule has 30 heavy (non-hydrogen) atoms. The molecule has 0 amide bonds. The highest BCUT2D eigenvalue weighted by Gasteiger charge is 2.65. The summed E-state index contributed by atoms with van der Waals surface area (Å²) in [6.45, 7) is 7.00. The second-order valence-corrected chi connectivity index (χ2v) is 10.8. The second-order valence-electron chi connectivity index (χ2n) is 8.77. The molecule has 3 rings (SSSR count). The van der Waals surface area contributed by atoms with Gasteiger partial charge in [-0.1, -0.05) is 42.5 Å². The van der Waals surface area contributed by atoms with Crippen LogP contribution in [-0.4, -0.2) is 14.6 Å². The summed E-state index contributed by atoms with van der Waals surface area (Å²) in [7, 11) is -1.46. The molecule has 2 aromatic rings. The highest BCUT2D eigenvalue weighted by atomic mass is 32.2. The van der Waals surface area contributed by atoms with E-state index in [1.807, 2.05) is 18.2 Å². The smallest absolute Gasteiger partial charge is 0.304 e. The molecule has 0 spiro atoms. The molecular weight excluding hydrogens is 411 g/mol. The van der Waals surface area contributed by atoms with Gasteiger partial charge in [-0.25, -0.2) is 13.3 Å². The van der Waals surface area contributed by atoms with Gasteiger partial charge in [0.1, 0.15) is 11.4 Å². The van der Waals surface area contributed by atoms with Gasteiger partial charge in [-0.15, -0.1) is 0 Å². The zero-order valence-electron chi connectivity index (χ0n) is 17.7. The van der Waals surface area contributed by atoms with E-state index >= 15 is 13.2 Å². The van der Waals surface area contributed by atoms with Gasteiger partial charge in [-0.05, 0) is 52.2 Å². The van der Waals surface area contributed by atoms with Crippen LogP contribution in [0, 0.1) is 5.82 Å². The standard InChI is InChI=1S/C23H28F3NO2S/c1-16(27-30(28)21(2,3)4)18-11-8-12-19(20(18)24)23(25,26)22(13-14-22)29-15-17-9-6-5-7-10-17/h5-12,16,27H,13-15H2,1-4H3/t16-,30+/m1/s1. The Kier molecular flexibility index (Phi) is 6.46. The van der Waals surface area contributed by atoms with E-state index in [1.165, 1.54) is 12.1 Å². The molecule has 0 saturated heterocycles. The van der Waals surface area contributed by atoms with Gasteiger partial charge in [-0.2, -0.15) is 8.78 Å². The summed E-state index contributed by atoms with van der Waals surface area (Å²) in [6, 6.07) is 12.3. The Morgan fingerprint density at radius 3 is 2.30 bits per heavy atom. The van der Waals surface area contributed by atoms with E-state index < -0.39 is 44.7 Å². The average Bonchev–Trinajstić information content (AvgIpc) is 3.48. The third-order valence-electron chi connectivity index (χ3n) is 5.31. The van der Waals surface area contributed by atoms with E-state index in [9.17, 15) is 4.21 Å². The molecule has 3 nitrogen and oxygen atoms in total. The maximum Gasteiger partial charge on any atom is 0.304 e. The normalized spacial score (nSPS) is 18.1. The third kappa shape index (κ3) is 4.63. The van der Waals surface area contributed by atoms with Crippen LogP contribution in [0.2, 0.25) is 0 Å². The molecule has 2 atom stereocenters. The molecule has 0 unspecified atom stereocenters. The van der Waals surface area contributed by atoms with Gasteiger partial charge in [0, 0.05) is 11.6 Å². The summed E-state index contributed by atoms with van der Waals surface area (Å²) in [5.74, 6) is -4.46. The maximum atomic E-state index is 15.4. The topological polar surface area (TPSA) is 38.3 Å². The Balaban J connectivity index is 1.82. The fourth-order valence-electron chi connectivity index (χ4n) is 3.23. The van der Waals surface area contributed by atoms with Crippen LogP contribution in [0.5, 0.6) is 0 Å². The van der Waals surface area contributed by atoms with Gasteiger partial charge < -0.3 is 4.74 Å². The van der Waals surface area contributed by atoms with E-state index in [2.05, 4.69) is 4.72 Å². The van der Waals surface area contributed by atoms with Crippen molar-refractivity contribution in [1.29, 1.82) is 0 Å². The minimum Gasteiger partial charge on any atom is -0.364 e. The molecule has 1 aliphatic carbocycles. The molecule has 0 aromatic heterocycles. The number of hydrogen-bond acceptors (Lipinski definition) is 2. The van der Waals surface area contributed by atoms with E-state index in [-0.39, 0.29) is 25.0 Å². The van der Waals surface area contributed by atoms with Crippen molar-refractivity contribution in [2.75, 3.05) is 0 Å². The predicted octanol–water partition coefficient (Wildman–Crippen LogP) is 5.78. The van der Waals surface area contributed by atoms with Gasteiger partial charge in [0.15, 0.2) is 0 Å². The summed E-state index contributed by atoms with van der Waals surface area (Å²) in [4.78, 5) is 0. The molecule has 2 aromatic carbocycles. The minimum absolute atomic E-state index is 0.0419. The molecule has 1 N–H and O–H groups in total. The molecule has 0 radical (unpaired) electrons. The zero-order chi connectivity index (χ0) is 22.2. The van der Waals surface area contributed by atoms with E-state index in [0.29, 0.717) is 0 Å². The Bertz CT molecular complexity index is 908. The van der Waals surface area contributed by atoms with E-state index in [0.717, 1.165) is 11.6 Å². The quantitative estimate of drug-likeness (QED) is 0.566. The van der Waals surface area contributed by atoms with Crippen molar-refractivity contribution in [2.45, 2.75) is 69.5 Å². The first-order valence-electron chi connectivity index (χ1n) is 10.0. The summed E-state index contributed by atoms with van der Waals surface area (Å²) in [5, 5.41) is 0. The minimum atomic E-state index is -3.48. The van der Waals surface area contributed by atoms with Gasteiger partial charge >= 0.3 is 5.92 Å². The van der Waals surface area contributed by atoms with Crippen LogP contribution in [0.3, 0.4) is 0 Å². The molecule has 0 heterocycles. The molecule has 164 valence electrons. The number of nitrogens with one attached hydrogen (secondary N) is 1. The van der Waals surface area contributed by atoms with E-state index in [1.54, 1.807) is 39.8 Å². The molecule has 7 heteroatoms. The molecule has 0 aliphatic heterocycles. The maximum absolute atomic E-state index is 15.4. The summed E-state index contributed by atoms with van der Waals surface area (Å²) in [6.07, 6.45) is 0.330. The predicted molar refractivity (Wildman–Crippen MR) is 113 cm³/mol. The molecule has 1 aliphatic rings. The van der Waals surface area contributed by atoms with Gasteiger partial charge in [0.25, 0.3) is 0 Å². The van der Waals surface area contributed by atoms with Crippen molar-refractivity contribution >= 4 is 11.0 Å². The fraction of sp³-hybridized carbons (Fsp3) is 0.478. The van der Waals surface area contributed by atoms with Crippen LogP contribution in [0.4, 0.5) is 13.2 Å². The van der Waals surface area contributed by atoms with Gasteiger partial charge in [0.2, 0.25) is 0 Å². The number of ether oxygens (including phenoxy) is 1. The summed E-state index contributed by atoms with van der Waals surface area (Å²) < 4.78 is 66.3. The first-order valence-corrected chi connectivity index (χ1v) is 11.2. The van der Waals surface area contributed by atoms with Crippen molar-refractivity contribution in [1.82, 2.24) is 4.72 Å². The molecule has 1 fully saturated rings. The van der Waals surface area contributed by atoms with Gasteiger partial charge in [0.05, 0.1) is 27.9 Å². The Morgan fingerprint density at radius 2 is 1.73 bits per heavy atom. The van der Waals surface area contributed by atoms with Crippen LogP contribution >= 0.6 is 0 Å². The lowest BCUT2D eigenvalue weighted by atomic mass is 9.96.